The number of hydrogen-bond donors (Lipinski definition) is 1. The van der Waals surface area contributed by atoms with Crippen LogP contribution in [-0.4, -0.2) is 41.0 Å². The van der Waals surface area contributed by atoms with Gasteiger partial charge < -0.3 is 10.2 Å². The minimum absolute atomic E-state index is 0.731. The first kappa shape index (κ1) is 14.3. The van der Waals surface area contributed by atoms with Crippen LogP contribution in [0.15, 0.2) is 12.4 Å². The van der Waals surface area contributed by atoms with Crippen molar-refractivity contribution < 1.29 is 0 Å². The van der Waals surface area contributed by atoms with Crippen molar-refractivity contribution in [1.82, 2.24) is 14.9 Å². The fourth-order valence-corrected chi connectivity index (χ4v) is 2.70. The van der Waals surface area contributed by atoms with Crippen LogP contribution in [0.5, 0.6) is 0 Å². The van der Waals surface area contributed by atoms with Gasteiger partial charge in [-0.1, -0.05) is 13.8 Å². The van der Waals surface area contributed by atoms with Crippen LogP contribution in [-0.2, 0) is 6.42 Å². The first-order valence-electron chi connectivity index (χ1n) is 7.59. The van der Waals surface area contributed by atoms with E-state index in [1.165, 1.54) is 44.5 Å². The van der Waals surface area contributed by atoms with Crippen molar-refractivity contribution in [2.75, 3.05) is 31.5 Å². The molecule has 0 bridgehead atoms. The monoisotopic (exact) mass is 262 g/mol. The van der Waals surface area contributed by atoms with Crippen LogP contribution < -0.4 is 5.32 Å². The zero-order valence-electron chi connectivity index (χ0n) is 12.2. The van der Waals surface area contributed by atoms with Gasteiger partial charge in [0.05, 0.1) is 0 Å². The third kappa shape index (κ3) is 4.46. The molecular weight excluding hydrogens is 236 g/mol. The summed E-state index contributed by atoms with van der Waals surface area (Å²) in [5.41, 5.74) is 1.19. The summed E-state index contributed by atoms with van der Waals surface area (Å²) < 4.78 is 0. The molecule has 106 valence electrons. The zero-order chi connectivity index (χ0) is 13.5. The van der Waals surface area contributed by atoms with E-state index in [0.29, 0.717) is 0 Å². The SMILES string of the molecule is CCCN1CCC[C@@H](CNc2ncc(CC)cn2)C1. The van der Waals surface area contributed by atoms with Crippen molar-refractivity contribution in [3.05, 3.63) is 18.0 Å². The van der Waals surface area contributed by atoms with Crippen LogP contribution in [0.1, 0.15) is 38.7 Å². The second-order valence-corrected chi connectivity index (χ2v) is 5.46. The minimum Gasteiger partial charge on any atom is -0.354 e. The van der Waals surface area contributed by atoms with Crippen LogP contribution in [0.3, 0.4) is 0 Å². The third-order valence-electron chi connectivity index (χ3n) is 3.81. The maximum Gasteiger partial charge on any atom is 0.222 e. The van der Waals surface area contributed by atoms with E-state index in [4.69, 9.17) is 0 Å². The van der Waals surface area contributed by atoms with Gasteiger partial charge in [0.15, 0.2) is 0 Å². The van der Waals surface area contributed by atoms with E-state index in [9.17, 15) is 0 Å². The fraction of sp³-hybridized carbons (Fsp3) is 0.733. The molecule has 2 heterocycles. The van der Waals surface area contributed by atoms with Gasteiger partial charge in [0.2, 0.25) is 5.95 Å². The molecule has 0 saturated carbocycles. The minimum atomic E-state index is 0.731. The molecule has 1 saturated heterocycles. The van der Waals surface area contributed by atoms with Crippen LogP contribution in [0.4, 0.5) is 5.95 Å². The molecule has 1 atom stereocenters. The lowest BCUT2D eigenvalue weighted by Crippen LogP contribution is -2.38. The lowest BCUT2D eigenvalue weighted by molar-refractivity contribution is 0.181. The number of nitrogens with zero attached hydrogens (tertiary/aromatic N) is 3. The van der Waals surface area contributed by atoms with E-state index in [0.717, 1.165) is 24.8 Å². The average molecular weight is 262 g/mol. The van der Waals surface area contributed by atoms with Gasteiger partial charge >= 0.3 is 0 Å². The Morgan fingerprint density at radius 1 is 1.32 bits per heavy atom. The standard InChI is InChI=1S/C15H26N4/c1-3-7-19-8-5-6-14(12-19)11-18-15-16-9-13(4-2)10-17-15/h9-10,14H,3-8,11-12H2,1-2H3,(H,16,17,18)/t14-/m0/s1. The predicted molar refractivity (Wildman–Crippen MR) is 79.4 cm³/mol. The largest absolute Gasteiger partial charge is 0.354 e. The third-order valence-corrected chi connectivity index (χ3v) is 3.81. The van der Waals surface area contributed by atoms with Gasteiger partial charge in [-0.15, -0.1) is 0 Å². The van der Waals surface area contributed by atoms with E-state index in [2.05, 4.69) is 34.0 Å². The van der Waals surface area contributed by atoms with Crippen molar-refractivity contribution in [2.45, 2.75) is 39.5 Å². The molecule has 0 aromatic carbocycles. The summed E-state index contributed by atoms with van der Waals surface area (Å²) >= 11 is 0. The second kappa shape index (κ2) is 7.43. The lowest BCUT2D eigenvalue weighted by Gasteiger charge is -2.32. The van der Waals surface area contributed by atoms with Gasteiger partial charge in [-0.25, -0.2) is 9.97 Å². The Morgan fingerprint density at radius 3 is 2.79 bits per heavy atom. The van der Waals surface area contributed by atoms with Gasteiger partial charge in [-0.05, 0) is 50.3 Å². The summed E-state index contributed by atoms with van der Waals surface area (Å²) in [4.78, 5) is 11.3. The van der Waals surface area contributed by atoms with Crippen LogP contribution >= 0.6 is 0 Å². The normalized spacial score (nSPS) is 20.4. The Hall–Kier alpha value is -1.16. The number of piperidine rings is 1. The summed E-state index contributed by atoms with van der Waals surface area (Å²) in [6, 6.07) is 0. The molecule has 0 radical (unpaired) electrons. The van der Waals surface area contributed by atoms with Crippen molar-refractivity contribution in [1.29, 1.82) is 0 Å². The van der Waals surface area contributed by atoms with Crippen molar-refractivity contribution in [3.63, 3.8) is 0 Å². The number of likely N-dealkylation sites (tertiary alicyclic amines) is 1. The molecule has 1 aliphatic rings. The van der Waals surface area contributed by atoms with Crippen LogP contribution in [0, 0.1) is 5.92 Å². The molecule has 1 aromatic rings. The van der Waals surface area contributed by atoms with Crippen LogP contribution in [0.2, 0.25) is 0 Å². The highest BCUT2D eigenvalue weighted by atomic mass is 15.1. The van der Waals surface area contributed by atoms with E-state index in [-0.39, 0.29) is 0 Å². The smallest absolute Gasteiger partial charge is 0.222 e. The number of rotatable bonds is 6. The Labute approximate surface area is 116 Å². The Bertz CT molecular complexity index is 361. The van der Waals surface area contributed by atoms with Crippen LogP contribution in [0.25, 0.3) is 0 Å². The van der Waals surface area contributed by atoms with Gasteiger partial charge in [0, 0.05) is 25.5 Å². The van der Waals surface area contributed by atoms with Gasteiger partial charge in [-0.2, -0.15) is 0 Å². The second-order valence-electron chi connectivity index (χ2n) is 5.46. The molecule has 1 N–H and O–H groups in total. The first-order chi connectivity index (χ1) is 9.31. The molecule has 1 fully saturated rings. The molecule has 0 amide bonds. The molecule has 1 aliphatic heterocycles. The summed E-state index contributed by atoms with van der Waals surface area (Å²) in [6.45, 7) is 9.09. The van der Waals surface area contributed by atoms with E-state index < -0.39 is 0 Å². The zero-order valence-corrected chi connectivity index (χ0v) is 12.2. The molecular formula is C15H26N4. The first-order valence-corrected chi connectivity index (χ1v) is 7.59. The van der Waals surface area contributed by atoms with Crippen molar-refractivity contribution in [3.8, 4) is 0 Å². The summed E-state index contributed by atoms with van der Waals surface area (Å²) in [5.74, 6) is 1.50. The van der Waals surface area contributed by atoms with E-state index >= 15 is 0 Å². The molecule has 0 aliphatic carbocycles. The molecule has 0 spiro atoms. The maximum absolute atomic E-state index is 4.35. The number of nitrogens with one attached hydrogen (secondary N) is 1. The molecule has 0 unspecified atom stereocenters. The van der Waals surface area contributed by atoms with Gasteiger partial charge in [0.25, 0.3) is 0 Å². The summed E-state index contributed by atoms with van der Waals surface area (Å²) in [5, 5.41) is 3.38. The fourth-order valence-electron chi connectivity index (χ4n) is 2.70. The van der Waals surface area contributed by atoms with Gasteiger partial charge in [-0.3, -0.25) is 0 Å². The molecule has 1 aromatic heterocycles. The quantitative estimate of drug-likeness (QED) is 0.855. The van der Waals surface area contributed by atoms with E-state index in [1.807, 2.05) is 12.4 Å². The Morgan fingerprint density at radius 2 is 2.11 bits per heavy atom. The molecule has 19 heavy (non-hydrogen) atoms. The molecule has 2 rings (SSSR count). The maximum atomic E-state index is 4.35. The number of aryl methyl sites for hydroxylation is 1. The predicted octanol–water partition coefficient (Wildman–Crippen LogP) is 2.57. The number of aromatic nitrogens is 2. The molecule has 4 nitrogen and oxygen atoms in total. The van der Waals surface area contributed by atoms with Crippen molar-refractivity contribution in [2.24, 2.45) is 5.92 Å². The summed E-state index contributed by atoms with van der Waals surface area (Å²) in [7, 11) is 0. The number of anilines is 1. The van der Waals surface area contributed by atoms with E-state index in [1.54, 1.807) is 0 Å². The topological polar surface area (TPSA) is 41.0 Å². The lowest BCUT2D eigenvalue weighted by atomic mass is 9.98. The highest BCUT2D eigenvalue weighted by Crippen LogP contribution is 2.16. The number of hydrogen-bond acceptors (Lipinski definition) is 4. The van der Waals surface area contributed by atoms with Gasteiger partial charge in [0.1, 0.15) is 0 Å². The highest BCUT2D eigenvalue weighted by Gasteiger charge is 2.19. The highest BCUT2D eigenvalue weighted by molar-refractivity contribution is 5.24. The Kier molecular flexibility index (Phi) is 5.58. The molecule has 4 heteroatoms. The Balaban J connectivity index is 1.77. The summed E-state index contributed by atoms with van der Waals surface area (Å²) in [6.07, 6.45) is 8.72. The van der Waals surface area contributed by atoms with Crippen molar-refractivity contribution >= 4 is 5.95 Å². The average Bonchev–Trinajstić information content (AvgIpc) is 2.46.